The molecule has 0 aromatic heterocycles. The first-order chi connectivity index (χ1) is 8.78. The van der Waals surface area contributed by atoms with Gasteiger partial charge in [-0.05, 0) is 23.0 Å². The topological polar surface area (TPSA) is 35.5 Å². The molecule has 0 heterocycles. The summed E-state index contributed by atoms with van der Waals surface area (Å²) in [7, 11) is -0.377. The van der Waals surface area contributed by atoms with Crippen LogP contribution in [0.4, 0.5) is 0 Å². The van der Waals surface area contributed by atoms with Gasteiger partial charge in [0.05, 0.1) is 7.11 Å². The van der Waals surface area contributed by atoms with E-state index in [-0.39, 0.29) is 5.97 Å². The molecule has 4 heteroatoms. The number of rotatable bonds is 8. The maximum Gasteiger partial charge on any atom is 0.330 e. The first kappa shape index (κ1) is 18.4. The maximum atomic E-state index is 11.0. The van der Waals surface area contributed by atoms with Crippen LogP contribution in [0.2, 0.25) is 16.6 Å². The quantitative estimate of drug-likeness (QED) is 0.289. The van der Waals surface area contributed by atoms with Crippen LogP contribution in [0.5, 0.6) is 0 Å². The second-order valence-electron chi connectivity index (χ2n) is 5.88. The zero-order valence-electron chi connectivity index (χ0n) is 13.5. The molecule has 0 aromatic carbocycles. The molecule has 0 unspecified atom stereocenters. The van der Waals surface area contributed by atoms with Gasteiger partial charge in [0.15, 0.2) is 8.32 Å². The lowest BCUT2D eigenvalue weighted by Crippen LogP contribution is -2.47. The minimum Gasteiger partial charge on any atom is -0.466 e. The minimum absolute atomic E-state index is 0.305. The monoisotopic (exact) mass is 286 g/mol. The Labute approximate surface area is 119 Å². The number of carbonyl (C=O) groups excluding carboxylic acids is 1. The molecule has 0 aliphatic heterocycles. The Kier molecular flexibility index (Phi) is 8.26. The lowest BCUT2D eigenvalue weighted by Gasteiger charge is -2.42. The zero-order valence-corrected chi connectivity index (χ0v) is 14.5. The van der Waals surface area contributed by atoms with Crippen molar-refractivity contribution in [3.05, 3.63) is 12.2 Å². The third-order valence-corrected chi connectivity index (χ3v) is 9.92. The summed E-state index contributed by atoms with van der Waals surface area (Å²) in [4.78, 5) is 11.0. The number of ether oxygens (including phenoxy) is 1. The molecule has 112 valence electrons. The third kappa shape index (κ3) is 5.11. The first-order valence-corrected chi connectivity index (χ1v) is 9.31. The number of methoxy groups -OCH3 is 1. The van der Waals surface area contributed by atoms with Crippen LogP contribution in [0.1, 0.15) is 48.0 Å². The Balaban J connectivity index is 4.52. The fraction of sp³-hybridized carbons (Fsp3) is 0.800. The second-order valence-corrected chi connectivity index (χ2v) is 11.3. The van der Waals surface area contributed by atoms with Crippen molar-refractivity contribution in [2.24, 2.45) is 0 Å². The number of esters is 1. The molecule has 0 rings (SSSR count). The van der Waals surface area contributed by atoms with Gasteiger partial charge in [0.25, 0.3) is 0 Å². The van der Waals surface area contributed by atoms with Crippen LogP contribution in [0.15, 0.2) is 12.2 Å². The Morgan fingerprint density at radius 3 is 1.89 bits per heavy atom. The predicted octanol–water partition coefficient (Wildman–Crippen LogP) is 4.30. The smallest absolute Gasteiger partial charge is 0.330 e. The highest BCUT2D eigenvalue weighted by Gasteiger charge is 2.44. The normalized spacial score (nSPS) is 12.9. The van der Waals surface area contributed by atoms with Crippen molar-refractivity contribution in [1.29, 1.82) is 0 Å². The lowest BCUT2D eigenvalue weighted by atomic mass is 10.4. The van der Waals surface area contributed by atoms with Gasteiger partial charge in [-0.1, -0.05) is 47.6 Å². The summed E-state index contributed by atoms with van der Waals surface area (Å²) < 4.78 is 10.9. The molecule has 0 amide bonds. The molecule has 0 aliphatic carbocycles. The van der Waals surface area contributed by atoms with E-state index in [0.29, 0.717) is 23.2 Å². The van der Waals surface area contributed by atoms with Crippen LogP contribution in [0, 0.1) is 0 Å². The van der Waals surface area contributed by atoms with Gasteiger partial charge in [-0.3, -0.25) is 0 Å². The van der Waals surface area contributed by atoms with Crippen molar-refractivity contribution < 1.29 is 14.0 Å². The fourth-order valence-electron chi connectivity index (χ4n) is 3.05. The van der Waals surface area contributed by atoms with Gasteiger partial charge in [-0.15, -0.1) is 0 Å². The molecule has 0 bridgehead atoms. The number of hydrogen-bond donors (Lipinski definition) is 0. The van der Waals surface area contributed by atoms with E-state index in [4.69, 9.17) is 4.43 Å². The van der Waals surface area contributed by atoms with Crippen LogP contribution in [-0.4, -0.2) is 28.0 Å². The van der Waals surface area contributed by atoms with E-state index >= 15 is 0 Å². The number of carbonyl (C=O) groups is 1. The highest BCUT2D eigenvalue weighted by molar-refractivity contribution is 6.77. The molecule has 3 nitrogen and oxygen atoms in total. The van der Waals surface area contributed by atoms with Crippen molar-refractivity contribution in [3.63, 3.8) is 0 Å². The van der Waals surface area contributed by atoms with Gasteiger partial charge in [0, 0.05) is 12.7 Å². The van der Waals surface area contributed by atoms with E-state index in [2.05, 4.69) is 46.3 Å². The first-order valence-electron chi connectivity index (χ1n) is 7.17. The standard InChI is InChI=1S/C15H30O3Si/c1-12(2)19(13(3)4,14(5)6)18-11-9-8-10-15(16)17-7/h8,10,12-14H,9,11H2,1-7H3/b10-8+. The van der Waals surface area contributed by atoms with Crippen LogP contribution in [-0.2, 0) is 14.0 Å². The van der Waals surface area contributed by atoms with Crippen molar-refractivity contribution in [2.75, 3.05) is 13.7 Å². The summed E-state index contributed by atoms with van der Waals surface area (Å²) in [5, 5.41) is 0. The zero-order chi connectivity index (χ0) is 15.1. The van der Waals surface area contributed by atoms with Crippen LogP contribution < -0.4 is 0 Å². The number of hydrogen-bond acceptors (Lipinski definition) is 3. The average Bonchev–Trinajstić information content (AvgIpc) is 2.31. The molecule has 0 aliphatic rings. The molecule has 0 N–H and O–H groups in total. The lowest BCUT2D eigenvalue weighted by molar-refractivity contribution is -0.134. The molecule has 0 radical (unpaired) electrons. The van der Waals surface area contributed by atoms with E-state index in [9.17, 15) is 4.79 Å². The van der Waals surface area contributed by atoms with Crippen LogP contribution >= 0.6 is 0 Å². The summed E-state index contributed by atoms with van der Waals surface area (Å²) in [5.41, 5.74) is 1.78. The summed E-state index contributed by atoms with van der Waals surface area (Å²) >= 11 is 0. The van der Waals surface area contributed by atoms with Crippen LogP contribution in [0.3, 0.4) is 0 Å². The highest BCUT2D eigenvalue weighted by atomic mass is 28.4. The molecular formula is C15H30O3Si. The Hall–Kier alpha value is -0.613. The van der Waals surface area contributed by atoms with Gasteiger partial charge in [0.1, 0.15) is 0 Å². The third-order valence-electron chi connectivity index (χ3n) is 3.80. The van der Waals surface area contributed by atoms with E-state index in [0.717, 1.165) is 6.42 Å². The van der Waals surface area contributed by atoms with Crippen molar-refractivity contribution in [1.82, 2.24) is 0 Å². The molecule has 0 saturated heterocycles. The van der Waals surface area contributed by atoms with E-state index in [1.54, 1.807) is 0 Å². The fourth-order valence-corrected chi connectivity index (χ4v) is 8.52. The molecule has 0 saturated carbocycles. The highest BCUT2D eigenvalue weighted by Crippen LogP contribution is 2.42. The van der Waals surface area contributed by atoms with Gasteiger partial charge in [0.2, 0.25) is 0 Å². The summed E-state index contributed by atoms with van der Waals surface area (Å²) in [5.74, 6) is -0.305. The van der Waals surface area contributed by atoms with Crippen molar-refractivity contribution in [2.45, 2.75) is 64.6 Å². The van der Waals surface area contributed by atoms with Gasteiger partial charge in [-0.25, -0.2) is 4.79 Å². The van der Waals surface area contributed by atoms with Gasteiger partial charge >= 0.3 is 5.97 Å². The average molecular weight is 286 g/mol. The Bertz CT molecular complexity index is 274. The minimum atomic E-state index is -1.76. The van der Waals surface area contributed by atoms with E-state index in [1.807, 2.05) is 6.08 Å². The van der Waals surface area contributed by atoms with Crippen molar-refractivity contribution >= 4 is 14.3 Å². The van der Waals surface area contributed by atoms with E-state index in [1.165, 1.54) is 13.2 Å². The summed E-state index contributed by atoms with van der Waals surface area (Å²) in [6, 6.07) is 0. The SMILES string of the molecule is COC(=O)/C=C/CCO[Si](C(C)C)(C(C)C)C(C)C. The molecule has 0 spiro atoms. The van der Waals surface area contributed by atoms with Crippen LogP contribution in [0.25, 0.3) is 0 Å². The summed E-state index contributed by atoms with van der Waals surface area (Å²) in [6.07, 6.45) is 4.05. The maximum absolute atomic E-state index is 11.0. The summed E-state index contributed by atoms with van der Waals surface area (Å²) in [6.45, 7) is 14.3. The van der Waals surface area contributed by atoms with Gasteiger partial charge < -0.3 is 9.16 Å². The predicted molar refractivity (Wildman–Crippen MR) is 82.8 cm³/mol. The molecule has 0 atom stereocenters. The largest absolute Gasteiger partial charge is 0.466 e. The van der Waals surface area contributed by atoms with Crippen molar-refractivity contribution in [3.8, 4) is 0 Å². The molecule has 19 heavy (non-hydrogen) atoms. The Morgan fingerprint density at radius 2 is 1.53 bits per heavy atom. The van der Waals surface area contributed by atoms with E-state index < -0.39 is 8.32 Å². The van der Waals surface area contributed by atoms with Gasteiger partial charge in [-0.2, -0.15) is 0 Å². The molecule has 0 fully saturated rings. The molecule has 0 aromatic rings. The molecular weight excluding hydrogens is 256 g/mol. The second kappa shape index (κ2) is 8.54. The Morgan fingerprint density at radius 1 is 1.05 bits per heavy atom.